The molecular weight excluding hydrogens is 334 g/mol. The van der Waals surface area contributed by atoms with Crippen molar-refractivity contribution in [3.63, 3.8) is 0 Å². The van der Waals surface area contributed by atoms with Crippen molar-refractivity contribution in [3.8, 4) is 0 Å². The first-order chi connectivity index (χ1) is 12.0. The summed E-state index contributed by atoms with van der Waals surface area (Å²) in [5.41, 5.74) is 3.38. The fourth-order valence-electron chi connectivity index (χ4n) is 2.52. The molecule has 1 aromatic carbocycles. The summed E-state index contributed by atoms with van der Waals surface area (Å²) in [6.07, 6.45) is 1.93. The number of aromatic nitrogens is 2. The molecule has 2 aromatic rings. The number of nitrogens with zero attached hydrogens (tertiary/aromatic N) is 2. The smallest absolute Gasteiger partial charge is 0.256 e. The van der Waals surface area contributed by atoms with Crippen LogP contribution in [-0.2, 0) is 17.9 Å². The maximum atomic E-state index is 12.7. The maximum Gasteiger partial charge on any atom is 0.256 e. The second-order valence-electron chi connectivity index (χ2n) is 6.09. The number of aryl methyl sites for hydroxylation is 1. The van der Waals surface area contributed by atoms with Gasteiger partial charge < -0.3 is 10.1 Å². The highest BCUT2D eigenvalue weighted by Gasteiger charge is 2.19. The van der Waals surface area contributed by atoms with Crippen LogP contribution in [0.15, 0.2) is 29.3 Å². The molecule has 0 fully saturated rings. The number of carbonyl (C=O) groups is 1. The minimum atomic E-state index is -0.149. The number of ether oxygens (including phenoxy) is 1. The first-order valence-corrected chi connectivity index (χ1v) is 9.46. The van der Waals surface area contributed by atoms with Crippen molar-refractivity contribution in [2.75, 3.05) is 13.4 Å². The lowest BCUT2D eigenvalue weighted by Crippen LogP contribution is -2.26. The quantitative estimate of drug-likeness (QED) is 0.603. The highest BCUT2D eigenvalue weighted by Crippen LogP contribution is 2.23. The monoisotopic (exact) mass is 359 g/mol. The Kier molecular flexibility index (Phi) is 6.96. The largest absolute Gasteiger partial charge is 0.380 e. The average molecular weight is 359 g/mol. The molecule has 2 rings (SSSR count). The standard InChI is InChI=1S/C19H25N3O2S/c1-12(2)17-21-13(3)16(19(22-17)25-5)18(23)20-10-14-8-6-7-9-15(14)11-24-4/h6-9,12H,10-11H2,1-5H3,(H,20,23). The predicted molar refractivity (Wildman–Crippen MR) is 101 cm³/mol. The minimum absolute atomic E-state index is 0.149. The van der Waals surface area contributed by atoms with E-state index in [1.807, 2.05) is 51.3 Å². The molecule has 1 heterocycles. The Labute approximate surface area is 153 Å². The second kappa shape index (κ2) is 8.97. The maximum absolute atomic E-state index is 12.7. The van der Waals surface area contributed by atoms with Crippen molar-refractivity contribution in [1.82, 2.24) is 15.3 Å². The summed E-state index contributed by atoms with van der Waals surface area (Å²) < 4.78 is 5.22. The average Bonchev–Trinajstić information content (AvgIpc) is 2.60. The van der Waals surface area contributed by atoms with Crippen LogP contribution < -0.4 is 5.32 Å². The fraction of sp³-hybridized carbons (Fsp3) is 0.421. The molecular formula is C19H25N3O2S. The lowest BCUT2D eigenvalue weighted by atomic mass is 10.1. The number of amides is 1. The predicted octanol–water partition coefficient (Wildman–Crippen LogP) is 3.71. The van der Waals surface area contributed by atoms with E-state index in [-0.39, 0.29) is 11.8 Å². The van der Waals surface area contributed by atoms with Gasteiger partial charge in [-0.3, -0.25) is 4.79 Å². The SMILES string of the molecule is COCc1ccccc1CNC(=O)c1c(C)nc(C(C)C)nc1SC. The third kappa shape index (κ3) is 4.80. The van der Waals surface area contributed by atoms with Gasteiger partial charge in [0.05, 0.1) is 17.9 Å². The Hall–Kier alpha value is -1.92. The summed E-state index contributed by atoms with van der Waals surface area (Å²) >= 11 is 1.47. The molecule has 0 saturated heterocycles. The van der Waals surface area contributed by atoms with Crippen LogP contribution in [0, 0.1) is 6.92 Å². The van der Waals surface area contributed by atoms with Crippen LogP contribution in [0.2, 0.25) is 0 Å². The zero-order valence-electron chi connectivity index (χ0n) is 15.4. The summed E-state index contributed by atoms with van der Waals surface area (Å²) in [7, 11) is 1.66. The van der Waals surface area contributed by atoms with Crippen molar-refractivity contribution >= 4 is 17.7 Å². The van der Waals surface area contributed by atoms with Crippen LogP contribution >= 0.6 is 11.8 Å². The molecule has 0 aliphatic heterocycles. The lowest BCUT2D eigenvalue weighted by Gasteiger charge is -2.14. The number of nitrogens with one attached hydrogen (secondary N) is 1. The van der Waals surface area contributed by atoms with E-state index in [1.165, 1.54) is 11.8 Å². The van der Waals surface area contributed by atoms with E-state index in [4.69, 9.17) is 4.74 Å². The van der Waals surface area contributed by atoms with E-state index in [1.54, 1.807) is 7.11 Å². The molecule has 1 aromatic heterocycles. The number of methoxy groups -OCH3 is 1. The van der Waals surface area contributed by atoms with Gasteiger partial charge in [-0.05, 0) is 24.3 Å². The van der Waals surface area contributed by atoms with Crippen LogP contribution in [-0.4, -0.2) is 29.2 Å². The molecule has 5 nitrogen and oxygen atoms in total. The van der Waals surface area contributed by atoms with Gasteiger partial charge in [0.15, 0.2) is 0 Å². The number of carbonyl (C=O) groups excluding carboxylic acids is 1. The van der Waals surface area contributed by atoms with E-state index < -0.39 is 0 Å². The molecule has 0 aliphatic rings. The Morgan fingerprint density at radius 2 is 1.92 bits per heavy atom. The molecule has 6 heteroatoms. The van der Waals surface area contributed by atoms with Crippen LogP contribution in [0.1, 0.15) is 52.8 Å². The molecule has 1 amide bonds. The first-order valence-electron chi connectivity index (χ1n) is 8.24. The molecule has 0 atom stereocenters. The van der Waals surface area contributed by atoms with Crippen molar-refractivity contribution in [2.45, 2.75) is 44.9 Å². The normalized spacial score (nSPS) is 11.0. The zero-order chi connectivity index (χ0) is 18.4. The topological polar surface area (TPSA) is 64.1 Å². The summed E-state index contributed by atoms with van der Waals surface area (Å²) in [5.74, 6) is 0.843. The number of hydrogen-bond acceptors (Lipinski definition) is 5. The van der Waals surface area contributed by atoms with Gasteiger partial charge in [0, 0.05) is 19.6 Å². The molecule has 0 unspecified atom stereocenters. The van der Waals surface area contributed by atoms with Crippen LogP contribution in [0.4, 0.5) is 0 Å². The van der Waals surface area contributed by atoms with E-state index in [9.17, 15) is 4.79 Å². The Morgan fingerprint density at radius 3 is 2.52 bits per heavy atom. The van der Waals surface area contributed by atoms with Gasteiger partial charge in [0.2, 0.25) is 0 Å². The molecule has 0 saturated carbocycles. The van der Waals surface area contributed by atoms with Gasteiger partial charge in [-0.2, -0.15) is 0 Å². The van der Waals surface area contributed by atoms with Crippen LogP contribution in [0.25, 0.3) is 0 Å². The van der Waals surface area contributed by atoms with Gasteiger partial charge >= 0.3 is 0 Å². The van der Waals surface area contributed by atoms with Crippen molar-refractivity contribution < 1.29 is 9.53 Å². The Balaban J connectivity index is 2.21. The number of rotatable bonds is 7. The van der Waals surface area contributed by atoms with E-state index in [0.29, 0.717) is 24.4 Å². The third-order valence-corrected chi connectivity index (χ3v) is 4.55. The third-order valence-electron chi connectivity index (χ3n) is 3.87. The van der Waals surface area contributed by atoms with E-state index >= 15 is 0 Å². The van der Waals surface area contributed by atoms with E-state index in [0.717, 1.165) is 22.0 Å². The van der Waals surface area contributed by atoms with Crippen molar-refractivity contribution in [2.24, 2.45) is 0 Å². The molecule has 1 N–H and O–H groups in total. The molecule has 0 spiro atoms. The molecule has 0 aliphatic carbocycles. The lowest BCUT2D eigenvalue weighted by molar-refractivity contribution is 0.0945. The van der Waals surface area contributed by atoms with Crippen molar-refractivity contribution in [3.05, 3.63) is 52.5 Å². The van der Waals surface area contributed by atoms with Gasteiger partial charge in [-0.25, -0.2) is 9.97 Å². The summed E-state index contributed by atoms with van der Waals surface area (Å²) in [6, 6.07) is 7.92. The summed E-state index contributed by atoms with van der Waals surface area (Å²) in [6.45, 7) is 6.92. The fourth-order valence-corrected chi connectivity index (χ4v) is 3.15. The first kappa shape index (κ1) is 19.4. The number of thioether (sulfide) groups is 1. The molecule has 0 bridgehead atoms. The second-order valence-corrected chi connectivity index (χ2v) is 6.89. The van der Waals surface area contributed by atoms with Gasteiger partial charge in [0.25, 0.3) is 5.91 Å². The van der Waals surface area contributed by atoms with Crippen molar-refractivity contribution in [1.29, 1.82) is 0 Å². The Bertz CT molecular complexity index is 747. The highest BCUT2D eigenvalue weighted by molar-refractivity contribution is 7.98. The minimum Gasteiger partial charge on any atom is -0.380 e. The van der Waals surface area contributed by atoms with Crippen LogP contribution in [0.5, 0.6) is 0 Å². The Morgan fingerprint density at radius 1 is 1.24 bits per heavy atom. The number of hydrogen-bond donors (Lipinski definition) is 1. The van der Waals surface area contributed by atoms with Gasteiger partial charge in [-0.15, -0.1) is 11.8 Å². The highest BCUT2D eigenvalue weighted by atomic mass is 32.2. The number of benzene rings is 1. The molecule has 134 valence electrons. The summed E-state index contributed by atoms with van der Waals surface area (Å²) in [4.78, 5) is 21.8. The van der Waals surface area contributed by atoms with Crippen LogP contribution in [0.3, 0.4) is 0 Å². The molecule has 0 radical (unpaired) electrons. The van der Waals surface area contributed by atoms with E-state index in [2.05, 4.69) is 15.3 Å². The summed E-state index contributed by atoms with van der Waals surface area (Å²) in [5, 5.41) is 3.71. The zero-order valence-corrected chi connectivity index (χ0v) is 16.2. The van der Waals surface area contributed by atoms with Gasteiger partial charge in [-0.1, -0.05) is 38.1 Å². The molecule has 25 heavy (non-hydrogen) atoms. The van der Waals surface area contributed by atoms with Gasteiger partial charge in [0.1, 0.15) is 10.9 Å².